The van der Waals surface area contributed by atoms with Crippen LogP contribution in [0.3, 0.4) is 0 Å². The highest BCUT2D eigenvalue weighted by Crippen LogP contribution is 2.31. The number of carbonyl (C=O) groups excluding carboxylic acids is 1. The fraction of sp³-hybridized carbons (Fsp3) is 0.696. The Balaban J connectivity index is 1.72. The highest BCUT2D eigenvalue weighted by atomic mass is 32.2. The van der Waals surface area contributed by atoms with E-state index < -0.39 is 10.0 Å². The number of likely N-dealkylation sites (N-methyl/N-ethyl adjacent to an activating group) is 1. The summed E-state index contributed by atoms with van der Waals surface area (Å²) in [7, 11) is -1.59. The van der Waals surface area contributed by atoms with Crippen molar-refractivity contribution in [1.29, 1.82) is 0 Å². The number of hydrogen-bond donors (Lipinski definition) is 1. The maximum Gasteiger partial charge on any atom is 0.243 e. The van der Waals surface area contributed by atoms with E-state index in [1.807, 2.05) is 14.0 Å². The molecular formula is C23H37N3O4S. The van der Waals surface area contributed by atoms with Gasteiger partial charge in [-0.2, -0.15) is 4.31 Å². The molecule has 7 nitrogen and oxygen atoms in total. The number of ether oxygens (including phenoxy) is 1. The molecule has 0 bridgehead atoms. The first-order valence-corrected chi connectivity index (χ1v) is 13.0. The van der Waals surface area contributed by atoms with Crippen molar-refractivity contribution in [3.05, 3.63) is 18.2 Å². The van der Waals surface area contributed by atoms with Gasteiger partial charge in [-0.25, -0.2) is 8.42 Å². The van der Waals surface area contributed by atoms with Crippen LogP contribution in [-0.2, 0) is 14.8 Å². The maximum absolute atomic E-state index is 13.1. The predicted octanol–water partition coefficient (Wildman–Crippen LogP) is 3.71. The van der Waals surface area contributed by atoms with Crippen LogP contribution >= 0.6 is 0 Å². The fourth-order valence-corrected chi connectivity index (χ4v) is 6.08. The lowest BCUT2D eigenvalue weighted by atomic mass is 9.87. The Hall–Kier alpha value is -1.64. The maximum atomic E-state index is 13.1. The molecule has 0 atom stereocenters. The summed E-state index contributed by atoms with van der Waals surface area (Å²) in [6, 6.07) is 5.16. The smallest absolute Gasteiger partial charge is 0.243 e. The summed E-state index contributed by atoms with van der Waals surface area (Å²) in [6.07, 6.45) is 7.43. The van der Waals surface area contributed by atoms with Crippen LogP contribution in [0, 0.1) is 5.92 Å². The number of anilines is 1. The van der Waals surface area contributed by atoms with E-state index in [0.29, 0.717) is 37.2 Å². The van der Waals surface area contributed by atoms with E-state index in [-0.39, 0.29) is 17.3 Å². The summed E-state index contributed by atoms with van der Waals surface area (Å²) in [5.74, 6) is 1.09. The molecule has 1 saturated carbocycles. The monoisotopic (exact) mass is 451 g/mol. The van der Waals surface area contributed by atoms with Crippen molar-refractivity contribution < 1.29 is 17.9 Å². The van der Waals surface area contributed by atoms with Crippen molar-refractivity contribution in [2.75, 3.05) is 38.6 Å². The molecule has 0 radical (unpaired) electrons. The van der Waals surface area contributed by atoms with Gasteiger partial charge in [0.25, 0.3) is 0 Å². The second-order valence-electron chi connectivity index (χ2n) is 8.93. The number of piperidine rings is 1. The van der Waals surface area contributed by atoms with Crippen molar-refractivity contribution in [2.45, 2.75) is 69.7 Å². The van der Waals surface area contributed by atoms with Gasteiger partial charge in [0.05, 0.1) is 23.7 Å². The first-order valence-electron chi connectivity index (χ1n) is 11.6. The number of sulfonamides is 1. The molecule has 1 saturated heterocycles. The predicted molar refractivity (Wildman–Crippen MR) is 123 cm³/mol. The highest BCUT2D eigenvalue weighted by Gasteiger charge is 2.27. The molecule has 1 aliphatic heterocycles. The summed E-state index contributed by atoms with van der Waals surface area (Å²) in [4.78, 5) is 15.1. The van der Waals surface area contributed by atoms with E-state index in [2.05, 4.69) is 17.1 Å². The van der Waals surface area contributed by atoms with E-state index in [4.69, 9.17) is 4.74 Å². The van der Waals surface area contributed by atoms with Gasteiger partial charge in [0.2, 0.25) is 15.9 Å². The molecule has 1 aliphatic carbocycles. The zero-order valence-corrected chi connectivity index (χ0v) is 19.9. The summed E-state index contributed by atoms with van der Waals surface area (Å²) >= 11 is 0. The van der Waals surface area contributed by atoms with Gasteiger partial charge in [-0.1, -0.05) is 13.3 Å². The fourth-order valence-electron chi connectivity index (χ4n) is 4.53. The Kier molecular flexibility index (Phi) is 8.36. The van der Waals surface area contributed by atoms with Gasteiger partial charge in [0.15, 0.2) is 0 Å². The summed E-state index contributed by atoms with van der Waals surface area (Å²) in [5.41, 5.74) is 0.413. The lowest BCUT2D eigenvalue weighted by molar-refractivity contribution is -0.117. The van der Waals surface area contributed by atoms with Gasteiger partial charge >= 0.3 is 0 Å². The number of amides is 1. The molecule has 1 aromatic rings. The summed E-state index contributed by atoms with van der Waals surface area (Å²) < 4.78 is 33.3. The normalized spacial score (nSPS) is 23.0. The minimum absolute atomic E-state index is 0.158. The third-order valence-corrected chi connectivity index (χ3v) is 8.37. The quantitative estimate of drug-likeness (QED) is 0.652. The molecule has 3 rings (SSSR count). The van der Waals surface area contributed by atoms with E-state index in [9.17, 15) is 13.2 Å². The van der Waals surface area contributed by atoms with Gasteiger partial charge in [-0.15, -0.1) is 0 Å². The van der Waals surface area contributed by atoms with Crippen LogP contribution in [0.4, 0.5) is 5.69 Å². The van der Waals surface area contributed by atoms with Crippen LogP contribution in [0.15, 0.2) is 23.1 Å². The molecule has 8 heteroatoms. The standard InChI is InChI=1S/C23H37N3O4S/c1-4-30-22-13-12-20(31(28,29)26-14-6-5-7-15-26)16-21(22)24-23(27)17-25(3)19-10-8-18(2)9-11-19/h12-13,16,18-19H,4-11,14-15,17H2,1-3H3,(H,24,27). The van der Waals surface area contributed by atoms with E-state index in [1.165, 1.54) is 23.2 Å². The van der Waals surface area contributed by atoms with E-state index in [0.717, 1.165) is 38.0 Å². The molecule has 2 fully saturated rings. The van der Waals surface area contributed by atoms with Crippen LogP contribution in [0.2, 0.25) is 0 Å². The van der Waals surface area contributed by atoms with Crippen LogP contribution in [0.1, 0.15) is 58.8 Å². The largest absolute Gasteiger partial charge is 0.492 e. The molecule has 0 unspecified atom stereocenters. The average molecular weight is 452 g/mol. The third-order valence-electron chi connectivity index (χ3n) is 6.48. The minimum atomic E-state index is -3.58. The third kappa shape index (κ3) is 6.20. The number of benzene rings is 1. The molecule has 2 aliphatic rings. The molecule has 1 heterocycles. The number of rotatable bonds is 8. The zero-order chi connectivity index (χ0) is 22.4. The molecular weight excluding hydrogens is 414 g/mol. The number of carbonyl (C=O) groups is 1. The molecule has 174 valence electrons. The first kappa shape index (κ1) is 24.0. The van der Waals surface area contributed by atoms with Crippen LogP contribution in [0.25, 0.3) is 0 Å². The highest BCUT2D eigenvalue weighted by molar-refractivity contribution is 7.89. The van der Waals surface area contributed by atoms with Gasteiger partial charge in [0.1, 0.15) is 5.75 Å². The average Bonchev–Trinajstić information content (AvgIpc) is 2.76. The Morgan fingerprint density at radius 1 is 1.16 bits per heavy atom. The second kappa shape index (κ2) is 10.8. The zero-order valence-electron chi connectivity index (χ0n) is 19.1. The molecule has 0 aromatic heterocycles. The Morgan fingerprint density at radius 2 is 1.84 bits per heavy atom. The topological polar surface area (TPSA) is 79.0 Å². The van der Waals surface area contributed by atoms with Gasteiger partial charge < -0.3 is 10.1 Å². The molecule has 31 heavy (non-hydrogen) atoms. The lowest BCUT2D eigenvalue weighted by Crippen LogP contribution is -2.40. The number of nitrogens with zero attached hydrogens (tertiary/aromatic N) is 2. The molecule has 1 aromatic carbocycles. The lowest BCUT2D eigenvalue weighted by Gasteiger charge is -2.33. The number of hydrogen-bond acceptors (Lipinski definition) is 5. The first-order chi connectivity index (χ1) is 14.8. The Morgan fingerprint density at radius 3 is 2.48 bits per heavy atom. The van der Waals surface area contributed by atoms with Crippen molar-refractivity contribution in [3.8, 4) is 5.75 Å². The molecule has 1 amide bonds. The van der Waals surface area contributed by atoms with Crippen LogP contribution in [0.5, 0.6) is 5.75 Å². The molecule has 0 spiro atoms. The summed E-state index contributed by atoms with van der Waals surface area (Å²) in [5, 5.41) is 2.90. The van der Waals surface area contributed by atoms with Crippen molar-refractivity contribution in [2.24, 2.45) is 5.92 Å². The van der Waals surface area contributed by atoms with Crippen LogP contribution in [-0.4, -0.2) is 62.9 Å². The molecule has 1 N–H and O–H groups in total. The van der Waals surface area contributed by atoms with E-state index in [1.54, 1.807) is 12.1 Å². The van der Waals surface area contributed by atoms with Gasteiger partial charge in [-0.05, 0) is 76.6 Å². The van der Waals surface area contributed by atoms with E-state index >= 15 is 0 Å². The minimum Gasteiger partial charge on any atom is -0.492 e. The van der Waals surface area contributed by atoms with Gasteiger partial charge in [0, 0.05) is 19.1 Å². The van der Waals surface area contributed by atoms with Crippen molar-refractivity contribution in [1.82, 2.24) is 9.21 Å². The van der Waals surface area contributed by atoms with Crippen molar-refractivity contribution in [3.63, 3.8) is 0 Å². The number of nitrogens with one attached hydrogen (secondary N) is 1. The Labute approximate surface area is 187 Å². The van der Waals surface area contributed by atoms with Crippen molar-refractivity contribution >= 4 is 21.6 Å². The van der Waals surface area contributed by atoms with Gasteiger partial charge in [-0.3, -0.25) is 9.69 Å². The SMILES string of the molecule is CCOc1ccc(S(=O)(=O)N2CCCCC2)cc1NC(=O)CN(C)C1CCC(C)CC1. The van der Waals surface area contributed by atoms with Crippen LogP contribution < -0.4 is 10.1 Å². The second-order valence-corrected chi connectivity index (χ2v) is 10.9. The summed E-state index contributed by atoms with van der Waals surface area (Å²) in [6.45, 7) is 5.93. The Bertz CT molecular complexity index is 844.